The van der Waals surface area contributed by atoms with E-state index in [0.29, 0.717) is 18.0 Å². The van der Waals surface area contributed by atoms with Gasteiger partial charge in [-0.1, -0.05) is 13.8 Å². The molecule has 1 aliphatic heterocycles. The minimum absolute atomic E-state index is 0.294. The molecule has 1 saturated heterocycles. The lowest BCUT2D eigenvalue weighted by molar-refractivity contribution is 0.155. The molecule has 3 nitrogen and oxygen atoms in total. The van der Waals surface area contributed by atoms with Crippen molar-refractivity contribution in [2.24, 2.45) is 11.7 Å². The standard InChI is InChI=1S/C9H21N3/c1-7(2)9(10)8-6-11-4-5-12(8)3/h7-9,11H,4-6,10H2,1-3H3. The van der Waals surface area contributed by atoms with E-state index in [-0.39, 0.29) is 0 Å². The fourth-order valence-corrected chi connectivity index (χ4v) is 1.70. The highest BCUT2D eigenvalue weighted by Gasteiger charge is 2.26. The van der Waals surface area contributed by atoms with Gasteiger partial charge in [0.15, 0.2) is 0 Å². The Morgan fingerprint density at radius 1 is 1.50 bits per heavy atom. The summed E-state index contributed by atoms with van der Waals surface area (Å²) >= 11 is 0. The van der Waals surface area contributed by atoms with Gasteiger partial charge < -0.3 is 11.1 Å². The molecule has 0 radical (unpaired) electrons. The van der Waals surface area contributed by atoms with Gasteiger partial charge in [0.05, 0.1) is 0 Å². The Labute approximate surface area is 75.3 Å². The molecule has 1 fully saturated rings. The van der Waals surface area contributed by atoms with E-state index in [1.54, 1.807) is 0 Å². The minimum Gasteiger partial charge on any atom is -0.326 e. The number of nitrogens with two attached hydrogens (primary N) is 1. The van der Waals surface area contributed by atoms with Crippen LogP contribution in [0.5, 0.6) is 0 Å². The van der Waals surface area contributed by atoms with Crippen molar-refractivity contribution in [3.63, 3.8) is 0 Å². The number of hydrogen-bond donors (Lipinski definition) is 2. The summed E-state index contributed by atoms with van der Waals surface area (Å²) in [7, 11) is 2.16. The van der Waals surface area contributed by atoms with Crippen LogP contribution >= 0.6 is 0 Å². The third-order valence-electron chi connectivity index (χ3n) is 2.78. The van der Waals surface area contributed by atoms with E-state index in [1.807, 2.05) is 0 Å². The first kappa shape index (κ1) is 9.96. The van der Waals surface area contributed by atoms with Crippen molar-refractivity contribution in [3.8, 4) is 0 Å². The molecular formula is C9H21N3. The number of nitrogens with zero attached hydrogens (tertiary/aromatic N) is 1. The lowest BCUT2D eigenvalue weighted by Gasteiger charge is -2.38. The molecular weight excluding hydrogens is 150 g/mol. The SMILES string of the molecule is CC(C)C(N)C1CNCCN1C. The van der Waals surface area contributed by atoms with E-state index in [4.69, 9.17) is 5.73 Å². The number of piperazine rings is 1. The second kappa shape index (κ2) is 4.21. The first-order valence-electron chi connectivity index (χ1n) is 4.79. The van der Waals surface area contributed by atoms with Gasteiger partial charge in [0, 0.05) is 31.7 Å². The summed E-state index contributed by atoms with van der Waals surface area (Å²) in [4.78, 5) is 2.36. The summed E-state index contributed by atoms with van der Waals surface area (Å²) < 4.78 is 0. The highest BCUT2D eigenvalue weighted by Crippen LogP contribution is 2.10. The Balaban J connectivity index is 2.47. The van der Waals surface area contributed by atoms with Crippen LogP contribution in [-0.2, 0) is 0 Å². The molecule has 0 aliphatic carbocycles. The maximum atomic E-state index is 6.10. The van der Waals surface area contributed by atoms with Gasteiger partial charge >= 0.3 is 0 Å². The van der Waals surface area contributed by atoms with Crippen LogP contribution in [0.25, 0.3) is 0 Å². The highest BCUT2D eigenvalue weighted by atomic mass is 15.2. The molecule has 0 amide bonds. The van der Waals surface area contributed by atoms with Crippen LogP contribution < -0.4 is 11.1 Å². The Hall–Kier alpha value is -0.120. The molecule has 1 heterocycles. The van der Waals surface area contributed by atoms with Crippen molar-refractivity contribution in [1.29, 1.82) is 0 Å². The lowest BCUT2D eigenvalue weighted by atomic mass is 9.95. The van der Waals surface area contributed by atoms with E-state index in [9.17, 15) is 0 Å². The van der Waals surface area contributed by atoms with Crippen molar-refractivity contribution in [2.75, 3.05) is 26.7 Å². The molecule has 2 unspecified atom stereocenters. The summed E-state index contributed by atoms with van der Waals surface area (Å²) in [5, 5.41) is 3.38. The molecule has 2 atom stereocenters. The van der Waals surface area contributed by atoms with Gasteiger partial charge in [-0.15, -0.1) is 0 Å². The van der Waals surface area contributed by atoms with Gasteiger partial charge in [-0.25, -0.2) is 0 Å². The van der Waals surface area contributed by atoms with Gasteiger partial charge in [0.25, 0.3) is 0 Å². The quantitative estimate of drug-likeness (QED) is 0.608. The van der Waals surface area contributed by atoms with Gasteiger partial charge in [-0.05, 0) is 13.0 Å². The van der Waals surface area contributed by atoms with Crippen molar-refractivity contribution in [1.82, 2.24) is 10.2 Å². The summed E-state index contributed by atoms with van der Waals surface area (Å²) in [6.45, 7) is 7.62. The largest absolute Gasteiger partial charge is 0.326 e. The van der Waals surface area contributed by atoms with Gasteiger partial charge in [-0.2, -0.15) is 0 Å². The molecule has 12 heavy (non-hydrogen) atoms. The van der Waals surface area contributed by atoms with E-state index in [0.717, 1.165) is 19.6 Å². The van der Waals surface area contributed by atoms with Crippen LogP contribution in [0.3, 0.4) is 0 Å². The Kier molecular flexibility index (Phi) is 3.50. The molecule has 3 heteroatoms. The molecule has 72 valence electrons. The number of rotatable bonds is 2. The van der Waals surface area contributed by atoms with Gasteiger partial charge in [0.2, 0.25) is 0 Å². The topological polar surface area (TPSA) is 41.3 Å². The monoisotopic (exact) mass is 171 g/mol. The Morgan fingerprint density at radius 3 is 2.67 bits per heavy atom. The third kappa shape index (κ3) is 2.19. The summed E-state index contributed by atoms with van der Waals surface area (Å²) in [5.74, 6) is 0.567. The lowest BCUT2D eigenvalue weighted by Crippen LogP contribution is -2.58. The predicted octanol–water partition coefficient (Wildman–Crippen LogP) is -0.127. The van der Waals surface area contributed by atoms with Gasteiger partial charge in [-0.3, -0.25) is 4.90 Å². The first-order valence-corrected chi connectivity index (χ1v) is 4.79. The van der Waals surface area contributed by atoms with Crippen LogP contribution in [0.4, 0.5) is 0 Å². The number of hydrogen-bond acceptors (Lipinski definition) is 3. The number of nitrogens with one attached hydrogen (secondary N) is 1. The third-order valence-corrected chi connectivity index (χ3v) is 2.78. The summed E-state index contributed by atoms with van der Waals surface area (Å²) in [6, 6.07) is 0.807. The average Bonchev–Trinajstić information content (AvgIpc) is 2.04. The van der Waals surface area contributed by atoms with E-state index in [1.165, 1.54) is 0 Å². The molecule has 1 rings (SSSR count). The van der Waals surface area contributed by atoms with Crippen LogP contribution in [0.1, 0.15) is 13.8 Å². The second-order valence-electron chi connectivity index (χ2n) is 4.07. The van der Waals surface area contributed by atoms with Crippen LogP contribution in [0.15, 0.2) is 0 Å². The molecule has 0 aromatic heterocycles. The first-order chi connectivity index (χ1) is 5.63. The second-order valence-corrected chi connectivity index (χ2v) is 4.07. The van der Waals surface area contributed by atoms with Crippen molar-refractivity contribution in [3.05, 3.63) is 0 Å². The average molecular weight is 171 g/mol. The van der Waals surface area contributed by atoms with Crippen molar-refractivity contribution >= 4 is 0 Å². The maximum absolute atomic E-state index is 6.10. The van der Waals surface area contributed by atoms with Crippen molar-refractivity contribution in [2.45, 2.75) is 25.9 Å². The molecule has 1 aliphatic rings. The predicted molar refractivity (Wildman–Crippen MR) is 52.1 cm³/mol. The Morgan fingerprint density at radius 2 is 2.17 bits per heavy atom. The maximum Gasteiger partial charge on any atom is 0.0371 e. The fraction of sp³-hybridized carbons (Fsp3) is 1.00. The Bertz CT molecular complexity index is 136. The molecule has 0 bridgehead atoms. The van der Waals surface area contributed by atoms with Crippen molar-refractivity contribution < 1.29 is 0 Å². The molecule has 0 saturated carbocycles. The van der Waals surface area contributed by atoms with E-state index in [2.05, 4.69) is 31.1 Å². The zero-order valence-corrected chi connectivity index (χ0v) is 8.38. The zero-order valence-electron chi connectivity index (χ0n) is 8.38. The van der Waals surface area contributed by atoms with Crippen LogP contribution in [0, 0.1) is 5.92 Å². The van der Waals surface area contributed by atoms with E-state index >= 15 is 0 Å². The zero-order chi connectivity index (χ0) is 9.14. The molecule has 3 N–H and O–H groups in total. The molecule has 0 spiro atoms. The summed E-state index contributed by atoms with van der Waals surface area (Å²) in [6.07, 6.45) is 0. The highest BCUT2D eigenvalue weighted by molar-refractivity contribution is 4.87. The van der Waals surface area contributed by atoms with E-state index < -0.39 is 0 Å². The minimum atomic E-state index is 0.294. The molecule has 0 aromatic rings. The van der Waals surface area contributed by atoms with Crippen LogP contribution in [-0.4, -0.2) is 43.7 Å². The smallest absolute Gasteiger partial charge is 0.0371 e. The summed E-state index contributed by atoms with van der Waals surface area (Å²) in [5.41, 5.74) is 6.10. The number of likely N-dealkylation sites (N-methyl/N-ethyl adjacent to an activating group) is 1. The van der Waals surface area contributed by atoms with Gasteiger partial charge in [0.1, 0.15) is 0 Å². The van der Waals surface area contributed by atoms with Crippen LogP contribution in [0.2, 0.25) is 0 Å². The molecule has 0 aromatic carbocycles. The normalized spacial score (nSPS) is 29.2. The fourth-order valence-electron chi connectivity index (χ4n) is 1.70.